The highest BCUT2D eigenvalue weighted by molar-refractivity contribution is 8.00. The lowest BCUT2D eigenvalue weighted by Crippen LogP contribution is -2.24. The molecule has 126 valence electrons. The van der Waals surface area contributed by atoms with Crippen LogP contribution in [0.3, 0.4) is 0 Å². The van der Waals surface area contributed by atoms with E-state index in [1.807, 2.05) is 0 Å². The maximum absolute atomic E-state index is 13.9. The van der Waals surface area contributed by atoms with E-state index in [0.29, 0.717) is 23.3 Å². The van der Waals surface area contributed by atoms with Gasteiger partial charge in [0.2, 0.25) is 0 Å². The maximum Gasteiger partial charge on any atom is 0.135 e. The minimum atomic E-state index is -0.485. The first kappa shape index (κ1) is 16.9. The van der Waals surface area contributed by atoms with E-state index in [-0.39, 0.29) is 11.6 Å². The molecule has 23 heavy (non-hydrogen) atoms. The standard InChI is InChI=1S/C19H25F2NS/c1-12(2)23-14-8-6-13(7-9-14)17-10-11-18(22-17)19-15(20)4-3-5-16(19)21/h3-5,12-14,17H,6-11H2,1-2H3. The molecule has 3 rings (SSSR count). The summed E-state index contributed by atoms with van der Waals surface area (Å²) in [6.45, 7) is 4.51. The van der Waals surface area contributed by atoms with E-state index in [2.05, 4.69) is 25.6 Å². The summed E-state index contributed by atoms with van der Waals surface area (Å²) in [5, 5.41) is 1.47. The third-order valence-electron chi connectivity index (χ3n) is 4.98. The van der Waals surface area contributed by atoms with Crippen molar-refractivity contribution in [3.63, 3.8) is 0 Å². The number of rotatable bonds is 4. The molecule has 2 aliphatic rings. The molecule has 1 fully saturated rings. The van der Waals surface area contributed by atoms with Crippen LogP contribution in [0.4, 0.5) is 8.78 Å². The predicted molar refractivity (Wildman–Crippen MR) is 94.4 cm³/mol. The Morgan fingerprint density at radius 1 is 1.04 bits per heavy atom. The highest BCUT2D eigenvalue weighted by Gasteiger charge is 2.32. The van der Waals surface area contributed by atoms with Crippen molar-refractivity contribution in [1.29, 1.82) is 0 Å². The average Bonchev–Trinajstić information content (AvgIpc) is 2.97. The van der Waals surface area contributed by atoms with E-state index in [0.717, 1.165) is 11.7 Å². The minimum absolute atomic E-state index is 0.0963. The number of hydrogen-bond acceptors (Lipinski definition) is 2. The molecule has 1 unspecified atom stereocenters. The number of thioether (sulfide) groups is 1. The van der Waals surface area contributed by atoms with Gasteiger partial charge in [-0.3, -0.25) is 4.99 Å². The Hall–Kier alpha value is -0.900. The summed E-state index contributed by atoms with van der Waals surface area (Å²) in [6.07, 6.45) is 6.54. The van der Waals surface area contributed by atoms with Gasteiger partial charge in [-0.15, -0.1) is 0 Å². The van der Waals surface area contributed by atoms with Crippen LogP contribution in [0.1, 0.15) is 57.9 Å². The third-order valence-corrected chi connectivity index (χ3v) is 6.38. The zero-order chi connectivity index (χ0) is 16.4. The molecule has 0 saturated heterocycles. The van der Waals surface area contributed by atoms with E-state index in [1.165, 1.54) is 43.9 Å². The van der Waals surface area contributed by atoms with Crippen molar-refractivity contribution in [1.82, 2.24) is 0 Å². The van der Waals surface area contributed by atoms with Gasteiger partial charge >= 0.3 is 0 Å². The summed E-state index contributed by atoms with van der Waals surface area (Å²) >= 11 is 2.09. The van der Waals surface area contributed by atoms with Crippen molar-refractivity contribution in [3.05, 3.63) is 35.4 Å². The van der Waals surface area contributed by atoms with Crippen molar-refractivity contribution >= 4 is 17.5 Å². The molecule has 1 aromatic rings. The fourth-order valence-corrected chi connectivity index (χ4v) is 5.23. The van der Waals surface area contributed by atoms with Crippen LogP contribution in [0.25, 0.3) is 0 Å². The fourth-order valence-electron chi connectivity index (χ4n) is 3.91. The fraction of sp³-hybridized carbons (Fsp3) is 0.632. The highest BCUT2D eigenvalue weighted by Crippen LogP contribution is 2.38. The number of nitrogens with zero attached hydrogens (tertiary/aromatic N) is 1. The van der Waals surface area contributed by atoms with Crippen molar-refractivity contribution in [2.45, 2.75) is 68.9 Å². The second kappa shape index (κ2) is 7.33. The van der Waals surface area contributed by atoms with Crippen LogP contribution in [-0.4, -0.2) is 22.3 Å². The first-order valence-corrected chi connectivity index (χ1v) is 9.65. The monoisotopic (exact) mass is 337 g/mol. The van der Waals surface area contributed by atoms with Gasteiger partial charge in [0.1, 0.15) is 11.6 Å². The molecule has 0 N–H and O–H groups in total. The molecular weight excluding hydrogens is 312 g/mol. The molecule has 0 bridgehead atoms. The van der Waals surface area contributed by atoms with Gasteiger partial charge in [0.25, 0.3) is 0 Å². The molecule has 1 aliphatic heterocycles. The predicted octanol–water partition coefficient (Wildman–Crippen LogP) is 5.62. The van der Waals surface area contributed by atoms with Crippen LogP contribution >= 0.6 is 11.8 Å². The molecule has 0 amide bonds. The van der Waals surface area contributed by atoms with Crippen molar-refractivity contribution in [2.24, 2.45) is 10.9 Å². The van der Waals surface area contributed by atoms with Crippen LogP contribution in [0.15, 0.2) is 23.2 Å². The number of hydrogen-bond donors (Lipinski definition) is 0. The largest absolute Gasteiger partial charge is 0.285 e. The molecule has 0 spiro atoms. The second-order valence-corrected chi connectivity index (χ2v) is 8.88. The lowest BCUT2D eigenvalue weighted by atomic mass is 9.83. The average molecular weight is 337 g/mol. The molecular formula is C19H25F2NS. The van der Waals surface area contributed by atoms with E-state index in [9.17, 15) is 8.78 Å². The zero-order valence-electron chi connectivity index (χ0n) is 13.9. The van der Waals surface area contributed by atoms with Gasteiger partial charge in [-0.1, -0.05) is 19.9 Å². The molecule has 0 radical (unpaired) electrons. The van der Waals surface area contributed by atoms with E-state index in [1.54, 1.807) is 0 Å². The van der Waals surface area contributed by atoms with Gasteiger partial charge in [-0.05, 0) is 61.8 Å². The Kier molecular flexibility index (Phi) is 5.40. The van der Waals surface area contributed by atoms with Gasteiger partial charge in [0.05, 0.1) is 11.6 Å². The Morgan fingerprint density at radius 3 is 2.30 bits per heavy atom. The lowest BCUT2D eigenvalue weighted by Gasteiger charge is -2.31. The third kappa shape index (κ3) is 3.96. The van der Waals surface area contributed by atoms with E-state index >= 15 is 0 Å². The Balaban J connectivity index is 1.65. The quantitative estimate of drug-likeness (QED) is 0.695. The zero-order valence-corrected chi connectivity index (χ0v) is 14.7. The minimum Gasteiger partial charge on any atom is -0.285 e. The van der Waals surface area contributed by atoms with Crippen LogP contribution in [0.2, 0.25) is 0 Å². The summed E-state index contributed by atoms with van der Waals surface area (Å²) in [6, 6.07) is 4.31. The summed E-state index contributed by atoms with van der Waals surface area (Å²) in [5.74, 6) is -0.380. The van der Waals surface area contributed by atoms with Gasteiger partial charge in [0.15, 0.2) is 0 Å². The van der Waals surface area contributed by atoms with Crippen molar-refractivity contribution in [2.75, 3.05) is 0 Å². The maximum atomic E-state index is 13.9. The van der Waals surface area contributed by atoms with Crippen molar-refractivity contribution < 1.29 is 8.78 Å². The summed E-state index contributed by atoms with van der Waals surface area (Å²) in [7, 11) is 0. The first-order chi connectivity index (χ1) is 11.0. The number of benzene rings is 1. The second-order valence-electron chi connectivity index (χ2n) is 7.00. The van der Waals surface area contributed by atoms with Crippen LogP contribution in [0.5, 0.6) is 0 Å². The van der Waals surface area contributed by atoms with Gasteiger partial charge in [-0.25, -0.2) is 8.78 Å². The topological polar surface area (TPSA) is 12.4 Å². The summed E-state index contributed by atoms with van der Waals surface area (Å²) in [4.78, 5) is 4.72. The molecule has 1 heterocycles. The van der Waals surface area contributed by atoms with Crippen LogP contribution in [0, 0.1) is 17.6 Å². The van der Waals surface area contributed by atoms with Crippen LogP contribution in [-0.2, 0) is 0 Å². The Morgan fingerprint density at radius 2 is 1.70 bits per heavy atom. The number of aliphatic imine (C=N–C) groups is 1. The van der Waals surface area contributed by atoms with Gasteiger partial charge in [-0.2, -0.15) is 11.8 Å². The molecule has 1 aromatic carbocycles. The molecule has 4 heteroatoms. The van der Waals surface area contributed by atoms with E-state index < -0.39 is 11.6 Å². The Labute approximate surface area is 142 Å². The lowest BCUT2D eigenvalue weighted by molar-refractivity contribution is 0.310. The number of halogens is 2. The molecule has 1 atom stereocenters. The molecule has 1 aliphatic carbocycles. The Bertz CT molecular complexity index is 556. The molecule has 0 aromatic heterocycles. The molecule has 1 nitrogen and oxygen atoms in total. The summed E-state index contributed by atoms with van der Waals surface area (Å²) < 4.78 is 27.8. The van der Waals surface area contributed by atoms with Gasteiger partial charge in [0, 0.05) is 11.0 Å². The normalized spacial score (nSPS) is 28.2. The first-order valence-electron chi connectivity index (χ1n) is 8.71. The smallest absolute Gasteiger partial charge is 0.135 e. The van der Waals surface area contributed by atoms with Crippen molar-refractivity contribution in [3.8, 4) is 0 Å². The molecule has 1 saturated carbocycles. The van der Waals surface area contributed by atoms with Gasteiger partial charge < -0.3 is 0 Å². The highest BCUT2D eigenvalue weighted by atomic mass is 32.2. The van der Waals surface area contributed by atoms with E-state index in [4.69, 9.17) is 4.99 Å². The van der Waals surface area contributed by atoms with Crippen LogP contribution < -0.4 is 0 Å². The summed E-state index contributed by atoms with van der Waals surface area (Å²) in [5.41, 5.74) is 0.725. The SMILES string of the molecule is CC(C)SC1CCC(C2CCC(c3c(F)cccc3F)=N2)CC1.